The summed E-state index contributed by atoms with van der Waals surface area (Å²) in [4.78, 5) is 0. The summed E-state index contributed by atoms with van der Waals surface area (Å²) in [5.41, 5.74) is 1.98. The molecule has 1 aliphatic heterocycles. The first-order chi connectivity index (χ1) is 7.66. The first kappa shape index (κ1) is 11.4. The Morgan fingerprint density at radius 3 is 2.88 bits per heavy atom. The van der Waals surface area contributed by atoms with Crippen molar-refractivity contribution in [2.24, 2.45) is 5.84 Å². The molecule has 0 bridgehead atoms. The first-order valence-corrected chi connectivity index (χ1v) is 5.99. The average molecular weight is 237 g/mol. The summed E-state index contributed by atoms with van der Waals surface area (Å²) in [5, 5.41) is 10.0. The van der Waals surface area contributed by atoms with E-state index in [0.717, 1.165) is 11.3 Å². The van der Waals surface area contributed by atoms with Crippen LogP contribution in [0.15, 0.2) is 24.3 Å². The molecule has 2 rings (SSSR count). The number of anilines is 1. The van der Waals surface area contributed by atoms with Crippen LogP contribution in [0.5, 0.6) is 0 Å². The molecule has 0 amide bonds. The molecule has 1 aliphatic rings. The molecule has 0 unspecified atom stereocenters. The lowest BCUT2D eigenvalue weighted by atomic mass is 10.2. The van der Waals surface area contributed by atoms with Crippen molar-refractivity contribution >= 4 is 22.6 Å². The molecule has 4 nitrogen and oxygen atoms in total. The number of thioether (sulfide) groups is 1. The van der Waals surface area contributed by atoms with Crippen molar-refractivity contribution in [3.8, 4) is 0 Å². The molecule has 0 atom stereocenters. The van der Waals surface area contributed by atoms with Crippen molar-refractivity contribution in [1.29, 1.82) is 5.41 Å². The number of hydrogen-bond acceptors (Lipinski definition) is 4. The summed E-state index contributed by atoms with van der Waals surface area (Å²) in [5.74, 6) is 5.88. The van der Waals surface area contributed by atoms with E-state index in [1.165, 1.54) is 16.8 Å². The van der Waals surface area contributed by atoms with Crippen LogP contribution in [0, 0.1) is 12.3 Å². The second-order valence-corrected chi connectivity index (χ2v) is 5.08. The zero-order valence-electron chi connectivity index (χ0n) is 9.14. The number of rotatable bonds is 2. The molecule has 0 spiro atoms. The molecule has 86 valence electrons. The molecule has 1 fully saturated rings. The summed E-state index contributed by atoms with van der Waals surface area (Å²) >= 11 is 1.45. The van der Waals surface area contributed by atoms with Crippen molar-refractivity contribution in [1.82, 2.24) is 0 Å². The molecular formula is C11H15N3OS. The summed E-state index contributed by atoms with van der Waals surface area (Å²) < 4.78 is 5.06. The summed E-state index contributed by atoms with van der Waals surface area (Å²) in [6.45, 7) is 3.44. The average Bonchev–Trinajstić information content (AvgIpc) is 2.22. The number of amidine groups is 1. The SMILES string of the molecule is Cc1cccc(N(N)C(=N)SC2COC2)c1. The van der Waals surface area contributed by atoms with E-state index in [-0.39, 0.29) is 0 Å². The van der Waals surface area contributed by atoms with E-state index in [9.17, 15) is 0 Å². The number of aryl methyl sites for hydroxylation is 1. The Hall–Kier alpha value is -1.04. The fourth-order valence-electron chi connectivity index (χ4n) is 1.39. The molecule has 3 N–H and O–H groups in total. The maximum Gasteiger partial charge on any atom is 0.175 e. The Kier molecular flexibility index (Phi) is 3.48. The number of ether oxygens (including phenoxy) is 1. The molecule has 0 radical (unpaired) electrons. The largest absolute Gasteiger partial charge is 0.379 e. The van der Waals surface area contributed by atoms with Gasteiger partial charge in [0.25, 0.3) is 0 Å². The number of nitrogens with zero attached hydrogens (tertiary/aromatic N) is 1. The molecule has 0 saturated carbocycles. The van der Waals surface area contributed by atoms with Crippen molar-refractivity contribution < 1.29 is 4.74 Å². The third kappa shape index (κ3) is 2.55. The summed E-state index contributed by atoms with van der Waals surface area (Å²) in [6.07, 6.45) is 0. The Morgan fingerprint density at radius 2 is 2.31 bits per heavy atom. The lowest BCUT2D eigenvalue weighted by molar-refractivity contribution is 0.0459. The van der Waals surface area contributed by atoms with E-state index in [1.807, 2.05) is 31.2 Å². The fraction of sp³-hybridized carbons (Fsp3) is 0.364. The number of hydrazine groups is 1. The second kappa shape index (κ2) is 4.86. The molecule has 1 aromatic rings. The van der Waals surface area contributed by atoms with Gasteiger partial charge in [-0.05, 0) is 24.6 Å². The molecular weight excluding hydrogens is 222 g/mol. The number of hydrogen-bond donors (Lipinski definition) is 2. The van der Waals surface area contributed by atoms with Crippen molar-refractivity contribution in [3.63, 3.8) is 0 Å². The third-order valence-corrected chi connectivity index (χ3v) is 3.41. The van der Waals surface area contributed by atoms with Gasteiger partial charge in [0.2, 0.25) is 0 Å². The summed E-state index contributed by atoms with van der Waals surface area (Å²) in [6, 6.07) is 7.81. The van der Waals surface area contributed by atoms with Gasteiger partial charge in [-0.3, -0.25) is 10.4 Å². The van der Waals surface area contributed by atoms with Crippen LogP contribution < -0.4 is 10.9 Å². The van der Waals surface area contributed by atoms with Crippen LogP contribution in [-0.4, -0.2) is 23.6 Å². The van der Waals surface area contributed by atoms with Gasteiger partial charge in [-0.25, -0.2) is 5.84 Å². The number of nitrogens with two attached hydrogens (primary N) is 1. The first-order valence-electron chi connectivity index (χ1n) is 5.11. The van der Waals surface area contributed by atoms with Gasteiger partial charge >= 0.3 is 0 Å². The van der Waals surface area contributed by atoms with Crippen molar-refractivity contribution in [2.75, 3.05) is 18.2 Å². The van der Waals surface area contributed by atoms with Gasteiger partial charge in [0.1, 0.15) is 0 Å². The van der Waals surface area contributed by atoms with Gasteiger partial charge in [0, 0.05) is 0 Å². The van der Waals surface area contributed by atoms with E-state index < -0.39 is 0 Å². The van der Waals surface area contributed by atoms with Crippen LogP contribution in [0.25, 0.3) is 0 Å². The van der Waals surface area contributed by atoms with E-state index in [4.69, 9.17) is 16.0 Å². The lowest BCUT2D eigenvalue weighted by Gasteiger charge is -2.28. The highest BCUT2D eigenvalue weighted by Gasteiger charge is 2.23. The van der Waals surface area contributed by atoms with Crippen LogP contribution >= 0.6 is 11.8 Å². The number of benzene rings is 1. The Bertz CT molecular complexity index is 393. The van der Waals surface area contributed by atoms with Gasteiger partial charge in [-0.1, -0.05) is 23.9 Å². The molecule has 0 aromatic heterocycles. The van der Waals surface area contributed by atoms with Gasteiger partial charge in [-0.15, -0.1) is 0 Å². The second-order valence-electron chi connectivity index (χ2n) is 3.79. The zero-order valence-corrected chi connectivity index (χ0v) is 9.96. The van der Waals surface area contributed by atoms with Crippen LogP contribution in [0.3, 0.4) is 0 Å². The van der Waals surface area contributed by atoms with Gasteiger partial charge in [0.15, 0.2) is 5.17 Å². The van der Waals surface area contributed by atoms with E-state index in [1.54, 1.807) is 0 Å². The predicted molar refractivity (Wildman–Crippen MR) is 67.8 cm³/mol. The minimum absolute atomic E-state index is 0.360. The van der Waals surface area contributed by atoms with E-state index >= 15 is 0 Å². The number of nitrogens with one attached hydrogen (secondary N) is 1. The van der Waals surface area contributed by atoms with Crippen LogP contribution in [0.1, 0.15) is 5.56 Å². The molecule has 0 aliphatic carbocycles. The normalized spacial score (nSPS) is 15.6. The van der Waals surface area contributed by atoms with E-state index in [2.05, 4.69) is 0 Å². The quantitative estimate of drug-likeness (QED) is 0.356. The topological polar surface area (TPSA) is 62.3 Å². The van der Waals surface area contributed by atoms with Gasteiger partial charge in [-0.2, -0.15) is 0 Å². The highest BCUT2D eigenvalue weighted by atomic mass is 32.2. The molecule has 5 heteroatoms. The molecule has 1 saturated heterocycles. The van der Waals surface area contributed by atoms with E-state index in [0.29, 0.717) is 23.6 Å². The smallest absolute Gasteiger partial charge is 0.175 e. The highest BCUT2D eigenvalue weighted by Crippen LogP contribution is 2.23. The van der Waals surface area contributed by atoms with Crippen molar-refractivity contribution in [3.05, 3.63) is 29.8 Å². The minimum Gasteiger partial charge on any atom is -0.379 e. The van der Waals surface area contributed by atoms with Gasteiger partial charge < -0.3 is 4.74 Å². The zero-order chi connectivity index (χ0) is 11.5. The lowest BCUT2D eigenvalue weighted by Crippen LogP contribution is -2.39. The highest BCUT2D eigenvalue weighted by molar-refractivity contribution is 8.14. The standard InChI is InChI=1S/C11H15N3OS/c1-8-3-2-4-9(5-8)14(13)11(12)16-10-6-15-7-10/h2-5,10,12H,6-7,13H2,1H3. The van der Waals surface area contributed by atoms with Crippen LogP contribution in [0.2, 0.25) is 0 Å². The maximum atomic E-state index is 7.88. The van der Waals surface area contributed by atoms with Crippen LogP contribution in [0.4, 0.5) is 5.69 Å². The van der Waals surface area contributed by atoms with Crippen molar-refractivity contribution in [2.45, 2.75) is 12.2 Å². The third-order valence-electron chi connectivity index (χ3n) is 2.38. The summed E-state index contributed by atoms with van der Waals surface area (Å²) in [7, 11) is 0. The maximum absolute atomic E-state index is 7.88. The fourth-order valence-corrected chi connectivity index (χ4v) is 2.26. The Labute approximate surface area is 99.2 Å². The molecule has 16 heavy (non-hydrogen) atoms. The minimum atomic E-state index is 0.360. The molecule has 1 aromatic carbocycles. The molecule has 1 heterocycles. The van der Waals surface area contributed by atoms with Crippen LogP contribution in [-0.2, 0) is 4.74 Å². The Balaban J connectivity index is 2.00. The predicted octanol–water partition coefficient (Wildman–Crippen LogP) is 1.74. The Morgan fingerprint density at radius 1 is 1.56 bits per heavy atom. The van der Waals surface area contributed by atoms with Gasteiger partial charge in [0.05, 0.1) is 24.2 Å². The monoisotopic (exact) mass is 237 g/mol.